The highest BCUT2D eigenvalue weighted by Crippen LogP contribution is 2.35. The lowest BCUT2D eigenvalue weighted by Gasteiger charge is -2.16. The minimum Gasteiger partial charge on any atom is -0.492 e. The molecule has 2 aromatic carbocycles. The molecule has 0 saturated heterocycles. The molecule has 0 saturated carbocycles. The summed E-state index contributed by atoms with van der Waals surface area (Å²) in [5, 5.41) is 0. The van der Waals surface area contributed by atoms with E-state index >= 15 is 0 Å². The Morgan fingerprint density at radius 1 is 1.00 bits per heavy atom. The number of rotatable bonds is 7. The molecule has 0 aliphatic heterocycles. The molecule has 6 nitrogen and oxygen atoms in total. The van der Waals surface area contributed by atoms with Crippen molar-refractivity contribution < 1.29 is 17.9 Å². The first-order valence-electron chi connectivity index (χ1n) is 7.25. The first-order chi connectivity index (χ1) is 11.0. The van der Waals surface area contributed by atoms with Crippen molar-refractivity contribution in [2.75, 3.05) is 23.7 Å². The number of ether oxygens (including phenoxy) is 2. The molecule has 0 amide bonds. The normalized spacial score (nSPS) is 11.0. The van der Waals surface area contributed by atoms with E-state index in [0.29, 0.717) is 30.3 Å². The zero-order valence-corrected chi connectivity index (χ0v) is 13.9. The van der Waals surface area contributed by atoms with Crippen molar-refractivity contribution in [1.82, 2.24) is 0 Å². The number of sulfonamides is 1. The lowest BCUT2D eigenvalue weighted by molar-refractivity contribution is 0.324. The number of nitrogens with one attached hydrogen (secondary N) is 1. The van der Waals surface area contributed by atoms with E-state index in [0.717, 1.165) is 0 Å². The van der Waals surface area contributed by atoms with Crippen LogP contribution in [0.4, 0.5) is 11.4 Å². The zero-order chi connectivity index (χ0) is 16.9. The van der Waals surface area contributed by atoms with E-state index < -0.39 is 10.0 Å². The van der Waals surface area contributed by atoms with E-state index in [9.17, 15) is 8.42 Å². The summed E-state index contributed by atoms with van der Waals surface area (Å²) >= 11 is 0. The Labute approximate surface area is 136 Å². The van der Waals surface area contributed by atoms with Gasteiger partial charge in [0.25, 0.3) is 10.0 Å². The van der Waals surface area contributed by atoms with E-state index in [4.69, 9.17) is 15.2 Å². The minimum atomic E-state index is -3.83. The van der Waals surface area contributed by atoms with Gasteiger partial charge in [-0.3, -0.25) is 4.72 Å². The Balaban J connectivity index is 2.48. The van der Waals surface area contributed by atoms with E-state index in [2.05, 4.69) is 4.72 Å². The maximum atomic E-state index is 12.7. The summed E-state index contributed by atoms with van der Waals surface area (Å²) in [5.41, 5.74) is 6.67. The van der Waals surface area contributed by atoms with E-state index in [1.807, 2.05) is 0 Å². The molecule has 7 heteroatoms. The molecule has 0 bridgehead atoms. The first kappa shape index (κ1) is 17.0. The lowest BCUT2D eigenvalue weighted by atomic mass is 10.3. The SMILES string of the molecule is CCOc1cc(S(=O)(=O)Nc2ccccc2)c(OCC)cc1N. The second-order valence-electron chi connectivity index (χ2n) is 4.67. The highest BCUT2D eigenvalue weighted by Gasteiger charge is 2.22. The zero-order valence-electron chi connectivity index (χ0n) is 13.1. The average Bonchev–Trinajstić information content (AvgIpc) is 2.50. The van der Waals surface area contributed by atoms with Crippen LogP contribution >= 0.6 is 0 Å². The van der Waals surface area contributed by atoms with Crippen LogP contribution in [0.3, 0.4) is 0 Å². The number of nitrogens with two attached hydrogens (primary N) is 1. The Kier molecular flexibility index (Phi) is 5.33. The van der Waals surface area contributed by atoms with Gasteiger partial charge in [-0.25, -0.2) is 8.42 Å². The quantitative estimate of drug-likeness (QED) is 0.759. The van der Waals surface area contributed by atoms with E-state index in [1.54, 1.807) is 44.2 Å². The molecule has 0 radical (unpaired) electrons. The van der Waals surface area contributed by atoms with Crippen molar-refractivity contribution >= 4 is 21.4 Å². The summed E-state index contributed by atoms with van der Waals surface area (Å²) < 4.78 is 38.7. The van der Waals surface area contributed by atoms with Crippen molar-refractivity contribution in [1.29, 1.82) is 0 Å². The predicted molar refractivity (Wildman–Crippen MR) is 90.4 cm³/mol. The highest BCUT2D eigenvalue weighted by molar-refractivity contribution is 7.92. The molecule has 23 heavy (non-hydrogen) atoms. The molecule has 0 aliphatic rings. The molecule has 0 unspecified atom stereocenters. The molecule has 0 spiro atoms. The maximum absolute atomic E-state index is 12.7. The first-order valence-corrected chi connectivity index (χ1v) is 8.73. The number of anilines is 2. The Hall–Kier alpha value is -2.41. The number of hydrogen-bond donors (Lipinski definition) is 2. The van der Waals surface area contributed by atoms with Gasteiger partial charge in [0.15, 0.2) is 0 Å². The predicted octanol–water partition coefficient (Wildman–Crippen LogP) is 2.87. The molecule has 2 rings (SSSR count). The van der Waals surface area contributed by atoms with Crippen LogP contribution in [0.15, 0.2) is 47.4 Å². The van der Waals surface area contributed by atoms with Crippen molar-refractivity contribution in [3.05, 3.63) is 42.5 Å². The van der Waals surface area contributed by atoms with Crippen LogP contribution in [0, 0.1) is 0 Å². The van der Waals surface area contributed by atoms with Gasteiger partial charge < -0.3 is 15.2 Å². The fourth-order valence-electron chi connectivity index (χ4n) is 2.03. The van der Waals surface area contributed by atoms with Crippen molar-refractivity contribution in [2.45, 2.75) is 18.7 Å². The standard InChI is InChI=1S/C16H20N2O4S/c1-3-21-14-11-16(15(22-4-2)10-13(14)17)23(19,20)18-12-8-6-5-7-9-12/h5-11,18H,3-4,17H2,1-2H3. The molecule has 0 heterocycles. The van der Waals surface area contributed by atoms with Crippen molar-refractivity contribution in [2.24, 2.45) is 0 Å². The van der Waals surface area contributed by atoms with E-state index in [-0.39, 0.29) is 10.6 Å². The Bertz CT molecular complexity index is 761. The lowest BCUT2D eigenvalue weighted by Crippen LogP contribution is -2.15. The average molecular weight is 336 g/mol. The van der Waals surface area contributed by atoms with Gasteiger partial charge in [0, 0.05) is 17.8 Å². The van der Waals surface area contributed by atoms with Crippen molar-refractivity contribution in [3.63, 3.8) is 0 Å². The fraction of sp³-hybridized carbons (Fsp3) is 0.250. The second-order valence-corrected chi connectivity index (χ2v) is 6.33. The number of benzene rings is 2. The van der Waals surface area contributed by atoms with Gasteiger partial charge in [0.2, 0.25) is 0 Å². The molecule has 2 aromatic rings. The van der Waals surface area contributed by atoms with Gasteiger partial charge in [-0.05, 0) is 26.0 Å². The highest BCUT2D eigenvalue weighted by atomic mass is 32.2. The van der Waals surface area contributed by atoms with Gasteiger partial charge in [0.1, 0.15) is 16.4 Å². The molecular formula is C16H20N2O4S. The van der Waals surface area contributed by atoms with Gasteiger partial charge in [-0.1, -0.05) is 18.2 Å². The number of nitrogen functional groups attached to an aromatic ring is 1. The van der Waals surface area contributed by atoms with Gasteiger partial charge in [-0.15, -0.1) is 0 Å². The summed E-state index contributed by atoms with van der Waals surface area (Å²) in [5.74, 6) is 0.501. The number of para-hydroxylation sites is 1. The fourth-order valence-corrected chi connectivity index (χ4v) is 3.23. The van der Waals surface area contributed by atoms with Crippen LogP contribution < -0.4 is 19.9 Å². The molecule has 0 fully saturated rings. The van der Waals surface area contributed by atoms with Crippen LogP contribution in [0.2, 0.25) is 0 Å². The summed E-state index contributed by atoms with van der Waals surface area (Å²) in [6, 6.07) is 11.5. The summed E-state index contributed by atoms with van der Waals surface area (Å²) in [7, 11) is -3.83. The Morgan fingerprint density at radius 3 is 2.22 bits per heavy atom. The monoisotopic (exact) mass is 336 g/mol. The van der Waals surface area contributed by atoms with Gasteiger partial charge in [0.05, 0.1) is 18.9 Å². The molecule has 0 atom stereocenters. The molecular weight excluding hydrogens is 316 g/mol. The molecule has 124 valence electrons. The van der Waals surface area contributed by atoms with Gasteiger partial charge >= 0.3 is 0 Å². The van der Waals surface area contributed by atoms with E-state index in [1.165, 1.54) is 12.1 Å². The largest absolute Gasteiger partial charge is 0.492 e. The smallest absolute Gasteiger partial charge is 0.265 e. The minimum absolute atomic E-state index is 0.0131. The number of hydrogen-bond acceptors (Lipinski definition) is 5. The molecule has 0 aliphatic carbocycles. The van der Waals surface area contributed by atoms with Crippen LogP contribution in [0.25, 0.3) is 0 Å². The topological polar surface area (TPSA) is 90.7 Å². The van der Waals surface area contributed by atoms with Crippen LogP contribution in [-0.2, 0) is 10.0 Å². The van der Waals surface area contributed by atoms with Crippen LogP contribution in [0.1, 0.15) is 13.8 Å². The van der Waals surface area contributed by atoms with Crippen LogP contribution in [-0.4, -0.2) is 21.6 Å². The molecule has 3 N–H and O–H groups in total. The maximum Gasteiger partial charge on any atom is 0.265 e. The summed E-state index contributed by atoms with van der Waals surface area (Å²) in [4.78, 5) is -0.0131. The van der Waals surface area contributed by atoms with Gasteiger partial charge in [-0.2, -0.15) is 0 Å². The third-order valence-electron chi connectivity index (χ3n) is 2.99. The third kappa shape index (κ3) is 4.07. The third-order valence-corrected chi connectivity index (χ3v) is 4.39. The summed E-state index contributed by atoms with van der Waals surface area (Å²) in [6.45, 7) is 4.27. The summed E-state index contributed by atoms with van der Waals surface area (Å²) in [6.07, 6.45) is 0. The Morgan fingerprint density at radius 2 is 1.61 bits per heavy atom. The molecule has 0 aromatic heterocycles. The van der Waals surface area contributed by atoms with Crippen molar-refractivity contribution in [3.8, 4) is 11.5 Å². The second kappa shape index (κ2) is 7.23. The van der Waals surface area contributed by atoms with Crippen LogP contribution in [0.5, 0.6) is 11.5 Å².